The van der Waals surface area contributed by atoms with Crippen molar-refractivity contribution in [3.63, 3.8) is 0 Å². The molecule has 0 unspecified atom stereocenters. The number of amides is 1. The van der Waals surface area contributed by atoms with Gasteiger partial charge in [0.2, 0.25) is 5.91 Å². The Morgan fingerprint density at radius 3 is 3.00 bits per heavy atom. The summed E-state index contributed by atoms with van der Waals surface area (Å²) in [6, 6.07) is 4.27. The van der Waals surface area contributed by atoms with Gasteiger partial charge in [-0.3, -0.25) is 9.36 Å². The van der Waals surface area contributed by atoms with Gasteiger partial charge in [0.05, 0.1) is 10.9 Å². The molecule has 0 radical (unpaired) electrons. The van der Waals surface area contributed by atoms with Crippen LogP contribution in [0.1, 0.15) is 0 Å². The minimum absolute atomic E-state index is 0.106. The fourth-order valence-corrected chi connectivity index (χ4v) is 1.83. The SMILES string of the molecule is O=C1Cn2c(c3c(F)cccc3nc2=O)N1. The third-order valence-electron chi connectivity index (χ3n) is 2.50. The summed E-state index contributed by atoms with van der Waals surface area (Å²) < 4.78 is 14.7. The minimum Gasteiger partial charge on any atom is -0.310 e. The Kier molecular flexibility index (Phi) is 1.62. The van der Waals surface area contributed by atoms with Gasteiger partial charge in [-0.05, 0) is 12.1 Å². The molecule has 3 rings (SSSR count). The second-order valence-corrected chi connectivity index (χ2v) is 3.51. The second-order valence-electron chi connectivity index (χ2n) is 3.51. The number of nitrogens with zero attached hydrogens (tertiary/aromatic N) is 2. The lowest BCUT2D eigenvalue weighted by Crippen LogP contribution is -2.21. The molecular formula is C10H6FN3O2. The zero-order valence-electron chi connectivity index (χ0n) is 8.03. The summed E-state index contributed by atoms with van der Waals surface area (Å²) >= 11 is 0. The van der Waals surface area contributed by atoms with E-state index < -0.39 is 11.5 Å². The molecule has 0 saturated heterocycles. The first-order chi connectivity index (χ1) is 7.66. The fraction of sp³-hybridized carbons (Fsp3) is 0.100. The normalized spacial score (nSPS) is 13.9. The van der Waals surface area contributed by atoms with E-state index >= 15 is 0 Å². The predicted octanol–water partition coefficient (Wildman–Crippen LogP) is 0.488. The van der Waals surface area contributed by atoms with Crippen molar-refractivity contribution in [2.24, 2.45) is 0 Å². The van der Waals surface area contributed by atoms with Crippen LogP contribution in [0.5, 0.6) is 0 Å². The molecule has 0 saturated carbocycles. The maximum absolute atomic E-state index is 13.6. The Bertz CT molecular complexity index is 678. The van der Waals surface area contributed by atoms with Crippen LogP contribution in [0.25, 0.3) is 10.9 Å². The third kappa shape index (κ3) is 1.06. The molecule has 0 fully saturated rings. The Morgan fingerprint density at radius 1 is 1.38 bits per heavy atom. The van der Waals surface area contributed by atoms with E-state index in [1.165, 1.54) is 18.2 Å². The standard InChI is InChI=1S/C10H6FN3O2/c11-5-2-1-3-6-8(5)9-13-7(15)4-14(9)10(16)12-6/h1-3H,4H2,(H,13,15). The minimum atomic E-state index is -0.550. The Balaban J connectivity index is 2.52. The van der Waals surface area contributed by atoms with Crippen LogP contribution >= 0.6 is 0 Å². The summed E-state index contributed by atoms with van der Waals surface area (Å²) in [6.07, 6.45) is 0. The quantitative estimate of drug-likeness (QED) is 0.701. The van der Waals surface area contributed by atoms with Crippen molar-refractivity contribution in [1.29, 1.82) is 0 Å². The van der Waals surface area contributed by atoms with Gasteiger partial charge in [-0.2, -0.15) is 4.98 Å². The van der Waals surface area contributed by atoms with Crippen LogP contribution in [0.2, 0.25) is 0 Å². The molecule has 6 heteroatoms. The molecule has 1 aromatic carbocycles. The van der Waals surface area contributed by atoms with E-state index in [-0.39, 0.29) is 29.2 Å². The molecule has 1 amide bonds. The number of hydrogen-bond donors (Lipinski definition) is 1. The molecule has 0 spiro atoms. The van der Waals surface area contributed by atoms with Gasteiger partial charge in [0.1, 0.15) is 18.2 Å². The summed E-state index contributed by atoms with van der Waals surface area (Å²) in [6.45, 7) is -0.106. The number of hydrogen-bond acceptors (Lipinski definition) is 3. The van der Waals surface area contributed by atoms with Gasteiger partial charge in [0.25, 0.3) is 0 Å². The predicted molar refractivity (Wildman–Crippen MR) is 54.6 cm³/mol. The van der Waals surface area contributed by atoms with Gasteiger partial charge >= 0.3 is 5.69 Å². The molecular weight excluding hydrogens is 213 g/mol. The monoisotopic (exact) mass is 219 g/mol. The summed E-state index contributed by atoms with van der Waals surface area (Å²) in [4.78, 5) is 26.4. The molecule has 0 bridgehead atoms. The lowest BCUT2D eigenvalue weighted by atomic mass is 10.2. The van der Waals surface area contributed by atoms with Gasteiger partial charge in [-0.15, -0.1) is 0 Å². The van der Waals surface area contributed by atoms with Gasteiger partial charge in [0, 0.05) is 0 Å². The molecule has 80 valence electrons. The molecule has 1 aromatic heterocycles. The first-order valence-electron chi connectivity index (χ1n) is 4.66. The Labute approximate surface area is 88.5 Å². The number of carbonyl (C=O) groups excluding carboxylic acids is 1. The third-order valence-corrected chi connectivity index (χ3v) is 2.50. The van der Waals surface area contributed by atoms with E-state index in [2.05, 4.69) is 10.3 Å². The van der Waals surface area contributed by atoms with E-state index in [9.17, 15) is 14.0 Å². The number of halogens is 1. The summed E-state index contributed by atoms with van der Waals surface area (Å²) in [7, 11) is 0. The molecule has 5 nitrogen and oxygen atoms in total. The molecule has 1 aliphatic heterocycles. The van der Waals surface area contributed by atoms with E-state index in [1.807, 2.05) is 0 Å². The Hall–Kier alpha value is -2.24. The van der Waals surface area contributed by atoms with E-state index in [0.717, 1.165) is 4.57 Å². The molecule has 1 N–H and O–H groups in total. The highest BCUT2D eigenvalue weighted by molar-refractivity contribution is 6.02. The molecule has 1 aliphatic rings. The second kappa shape index (κ2) is 2.88. The summed E-state index contributed by atoms with van der Waals surface area (Å²) in [5.41, 5.74) is -0.301. The molecule has 2 aromatic rings. The molecule has 16 heavy (non-hydrogen) atoms. The van der Waals surface area contributed by atoms with Crippen molar-refractivity contribution in [1.82, 2.24) is 9.55 Å². The lowest BCUT2D eigenvalue weighted by Gasteiger charge is -2.05. The number of benzene rings is 1. The van der Waals surface area contributed by atoms with Crippen molar-refractivity contribution in [2.75, 3.05) is 5.32 Å². The molecule has 0 aliphatic carbocycles. The highest BCUT2D eigenvalue weighted by Gasteiger charge is 2.23. The maximum Gasteiger partial charge on any atom is 0.350 e. The van der Waals surface area contributed by atoms with Crippen molar-refractivity contribution < 1.29 is 9.18 Å². The van der Waals surface area contributed by atoms with Crippen LogP contribution < -0.4 is 11.0 Å². The zero-order valence-corrected chi connectivity index (χ0v) is 8.03. The van der Waals surface area contributed by atoms with Crippen LogP contribution in [0, 0.1) is 5.82 Å². The lowest BCUT2D eigenvalue weighted by molar-refractivity contribution is -0.115. The summed E-state index contributed by atoms with van der Waals surface area (Å²) in [5, 5.41) is 2.64. The molecule has 0 atom stereocenters. The average Bonchev–Trinajstić information content (AvgIpc) is 2.60. The largest absolute Gasteiger partial charge is 0.350 e. The topological polar surface area (TPSA) is 64.0 Å². The van der Waals surface area contributed by atoms with Gasteiger partial charge < -0.3 is 5.32 Å². The zero-order chi connectivity index (χ0) is 11.3. The van der Waals surface area contributed by atoms with E-state index in [1.54, 1.807) is 0 Å². The smallest absolute Gasteiger partial charge is 0.310 e. The van der Waals surface area contributed by atoms with Crippen molar-refractivity contribution in [2.45, 2.75) is 6.54 Å². The van der Waals surface area contributed by atoms with Crippen LogP contribution in [0.4, 0.5) is 10.2 Å². The number of fused-ring (bicyclic) bond motifs is 3. The number of anilines is 1. The van der Waals surface area contributed by atoms with Gasteiger partial charge in [-0.25, -0.2) is 9.18 Å². The van der Waals surface area contributed by atoms with Crippen LogP contribution in [-0.2, 0) is 11.3 Å². The first kappa shape index (κ1) is 9.02. The van der Waals surface area contributed by atoms with E-state index in [4.69, 9.17) is 0 Å². The van der Waals surface area contributed by atoms with Gasteiger partial charge in [-0.1, -0.05) is 6.07 Å². The van der Waals surface area contributed by atoms with Crippen LogP contribution in [-0.4, -0.2) is 15.5 Å². The van der Waals surface area contributed by atoms with E-state index in [0.29, 0.717) is 0 Å². The number of nitrogens with one attached hydrogen (secondary N) is 1. The van der Waals surface area contributed by atoms with Crippen molar-refractivity contribution in [3.8, 4) is 0 Å². The highest BCUT2D eigenvalue weighted by atomic mass is 19.1. The average molecular weight is 219 g/mol. The van der Waals surface area contributed by atoms with Crippen LogP contribution in [0.3, 0.4) is 0 Å². The van der Waals surface area contributed by atoms with Crippen LogP contribution in [0.15, 0.2) is 23.0 Å². The number of rotatable bonds is 0. The van der Waals surface area contributed by atoms with Crippen molar-refractivity contribution in [3.05, 3.63) is 34.5 Å². The first-order valence-corrected chi connectivity index (χ1v) is 4.66. The van der Waals surface area contributed by atoms with Gasteiger partial charge in [0.15, 0.2) is 0 Å². The van der Waals surface area contributed by atoms with Crippen molar-refractivity contribution >= 4 is 22.6 Å². The number of aromatic nitrogens is 2. The Morgan fingerprint density at radius 2 is 2.19 bits per heavy atom. The maximum atomic E-state index is 13.6. The fourth-order valence-electron chi connectivity index (χ4n) is 1.83. The molecule has 2 heterocycles. The number of carbonyl (C=O) groups is 1. The highest BCUT2D eigenvalue weighted by Crippen LogP contribution is 2.25. The summed E-state index contributed by atoms with van der Waals surface area (Å²) in [5.74, 6) is -0.649.